The number of ether oxygens (including phenoxy) is 1. The number of nitrogens with zero attached hydrogens (tertiary/aromatic N) is 1. The highest BCUT2D eigenvalue weighted by Gasteiger charge is 2.49. The van der Waals surface area contributed by atoms with Crippen molar-refractivity contribution in [2.75, 3.05) is 16.8 Å². The van der Waals surface area contributed by atoms with E-state index >= 15 is 0 Å². The molecule has 7 nitrogen and oxygen atoms in total. The summed E-state index contributed by atoms with van der Waals surface area (Å²) < 4.78 is 5.21. The molecule has 28 heavy (non-hydrogen) atoms. The standard InChI is InChI=1S/C21H21N3O4/c1-3-28-20(27)21(2)13-17(19(26)24(21)16-7-5-4-6-8-16)23-15-11-9-14(10-12-15)18(22)25/h4-13,23H,3H2,1-2H3,(H2,22,25). The molecule has 2 aromatic carbocycles. The van der Waals surface area contributed by atoms with Crippen molar-refractivity contribution in [2.24, 2.45) is 5.73 Å². The Kier molecular flexibility index (Phi) is 5.17. The topological polar surface area (TPSA) is 102 Å². The van der Waals surface area contributed by atoms with E-state index in [2.05, 4.69) is 5.32 Å². The smallest absolute Gasteiger partial charge is 0.336 e. The number of nitrogens with two attached hydrogens (primary N) is 1. The third-order valence-electron chi connectivity index (χ3n) is 4.47. The van der Waals surface area contributed by atoms with Gasteiger partial charge in [0.1, 0.15) is 5.70 Å². The predicted molar refractivity (Wildman–Crippen MR) is 106 cm³/mol. The molecule has 3 rings (SSSR count). The average Bonchev–Trinajstić information content (AvgIpc) is 2.94. The van der Waals surface area contributed by atoms with E-state index in [1.165, 1.54) is 4.90 Å². The molecule has 1 aliphatic heterocycles. The molecule has 7 heteroatoms. The van der Waals surface area contributed by atoms with E-state index in [0.717, 1.165) is 0 Å². The Morgan fingerprint density at radius 3 is 2.32 bits per heavy atom. The lowest BCUT2D eigenvalue weighted by Gasteiger charge is -2.32. The fourth-order valence-electron chi connectivity index (χ4n) is 3.09. The highest BCUT2D eigenvalue weighted by molar-refractivity contribution is 6.16. The summed E-state index contributed by atoms with van der Waals surface area (Å²) in [6, 6.07) is 15.3. The van der Waals surface area contributed by atoms with Gasteiger partial charge in [0.2, 0.25) is 5.91 Å². The molecule has 0 aliphatic carbocycles. The molecule has 1 unspecified atom stereocenters. The number of hydrogen-bond donors (Lipinski definition) is 2. The van der Waals surface area contributed by atoms with Crippen LogP contribution in [0, 0.1) is 0 Å². The first-order valence-electron chi connectivity index (χ1n) is 8.83. The molecule has 144 valence electrons. The molecule has 0 saturated heterocycles. The van der Waals surface area contributed by atoms with E-state index in [1.54, 1.807) is 68.5 Å². The van der Waals surface area contributed by atoms with Crippen molar-refractivity contribution in [1.82, 2.24) is 0 Å². The second-order valence-electron chi connectivity index (χ2n) is 6.47. The first-order valence-corrected chi connectivity index (χ1v) is 8.83. The lowest BCUT2D eigenvalue weighted by molar-refractivity contribution is -0.147. The highest BCUT2D eigenvalue weighted by Crippen LogP contribution is 2.35. The summed E-state index contributed by atoms with van der Waals surface area (Å²) in [6.45, 7) is 3.56. The van der Waals surface area contributed by atoms with Crippen LogP contribution in [0.4, 0.5) is 11.4 Å². The van der Waals surface area contributed by atoms with Crippen molar-refractivity contribution in [1.29, 1.82) is 0 Å². The first-order chi connectivity index (χ1) is 13.4. The van der Waals surface area contributed by atoms with Gasteiger partial charge in [-0.3, -0.25) is 14.5 Å². The molecule has 0 aromatic heterocycles. The van der Waals surface area contributed by atoms with Gasteiger partial charge in [-0.25, -0.2) is 4.79 Å². The number of benzene rings is 2. The molecule has 1 heterocycles. The molecule has 1 aliphatic rings. The Bertz CT molecular complexity index is 938. The number of hydrogen-bond acceptors (Lipinski definition) is 5. The number of primary amides is 1. The molecule has 2 amide bonds. The van der Waals surface area contributed by atoms with E-state index < -0.39 is 17.4 Å². The monoisotopic (exact) mass is 379 g/mol. The normalized spacial score (nSPS) is 18.6. The zero-order chi connectivity index (χ0) is 20.3. The van der Waals surface area contributed by atoms with Crippen LogP contribution in [-0.4, -0.2) is 29.9 Å². The van der Waals surface area contributed by atoms with Crippen LogP contribution in [0.1, 0.15) is 24.2 Å². The van der Waals surface area contributed by atoms with Crippen LogP contribution in [0.3, 0.4) is 0 Å². The van der Waals surface area contributed by atoms with Crippen molar-refractivity contribution in [3.05, 3.63) is 71.9 Å². The summed E-state index contributed by atoms with van der Waals surface area (Å²) in [5.41, 5.74) is 5.73. The summed E-state index contributed by atoms with van der Waals surface area (Å²) in [5, 5.41) is 3.02. The second-order valence-corrected chi connectivity index (χ2v) is 6.47. The predicted octanol–water partition coefficient (Wildman–Crippen LogP) is 2.45. The van der Waals surface area contributed by atoms with E-state index in [4.69, 9.17) is 10.5 Å². The van der Waals surface area contributed by atoms with Gasteiger partial charge in [0, 0.05) is 16.9 Å². The Morgan fingerprint density at radius 1 is 1.11 bits per heavy atom. The van der Waals surface area contributed by atoms with Gasteiger partial charge >= 0.3 is 5.97 Å². The van der Waals surface area contributed by atoms with Gasteiger partial charge in [0.05, 0.1) is 6.61 Å². The number of anilines is 2. The maximum atomic E-state index is 13.1. The molecule has 2 aromatic rings. The Labute approximate surface area is 162 Å². The quantitative estimate of drug-likeness (QED) is 0.751. The molecule has 1 atom stereocenters. The SMILES string of the molecule is CCOC(=O)C1(C)C=C(Nc2ccc(C(N)=O)cc2)C(=O)N1c1ccccc1. The summed E-state index contributed by atoms with van der Waals surface area (Å²) in [6.07, 6.45) is 1.56. The number of amides is 2. The third kappa shape index (κ3) is 3.46. The number of esters is 1. The Morgan fingerprint density at radius 2 is 1.75 bits per heavy atom. The van der Waals surface area contributed by atoms with E-state index in [-0.39, 0.29) is 18.2 Å². The largest absolute Gasteiger partial charge is 0.464 e. The summed E-state index contributed by atoms with van der Waals surface area (Å²) >= 11 is 0. The maximum Gasteiger partial charge on any atom is 0.336 e. The van der Waals surface area contributed by atoms with Crippen LogP contribution in [0.25, 0.3) is 0 Å². The van der Waals surface area contributed by atoms with E-state index in [9.17, 15) is 14.4 Å². The van der Waals surface area contributed by atoms with Crippen molar-refractivity contribution in [3.63, 3.8) is 0 Å². The number of rotatable bonds is 6. The summed E-state index contributed by atoms with van der Waals surface area (Å²) in [4.78, 5) is 38.4. The number of nitrogens with one attached hydrogen (secondary N) is 1. The lowest BCUT2D eigenvalue weighted by Crippen LogP contribution is -2.51. The molecule has 0 radical (unpaired) electrons. The molecular formula is C21H21N3O4. The second kappa shape index (κ2) is 7.56. The van der Waals surface area contributed by atoms with Gasteiger partial charge in [-0.1, -0.05) is 18.2 Å². The Balaban J connectivity index is 1.96. The minimum atomic E-state index is -1.29. The van der Waals surface area contributed by atoms with Crippen molar-refractivity contribution in [3.8, 4) is 0 Å². The molecule has 0 spiro atoms. The molecule has 0 fully saturated rings. The van der Waals surface area contributed by atoms with Crippen LogP contribution in [0.2, 0.25) is 0 Å². The fraction of sp³-hybridized carbons (Fsp3) is 0.190. The average molecular weight is 379 g/mol. The van der Waals surface area contributed by atoms with Crippen LogP contribution >= 0.6 is 0 Å². The zero-order valence-corrected chi connectivity index (χ0v) is 15.6. The van der Waals surface area contributed by atoms with Gasteiger partial charge in [-0.2, -0.15) is 0 Å². The van der Waals surface area contributed by atoms with Crippen LogP contribution in [0.5, 0.6) is 0 Å². The van der Waals surface area contributed by atoms with Crippen LogP contribution in [0.15, 0.2) is 66.4 Å². The van der Waals surface area contributed by atoms with Crippen LogP contribution in [-0.2, 0) is 14.3 Å². The molecule has 0 saturated carbocycles. The number of carbonyl (C=O) groups excluding carboxylic acids is 3. The minimum Gasteiger partial charge on any atom is -0.464 e. The van der Waals surface area contributed by atoms with Crippen molar-refractivity contribution >= 4 is 29.2 Å². The van der Waals surface area contributed by atoms with Gasteiger partial charge in [0.25, 0.3) is 5.91 Å². The third-order valence-corrected chi connectivity index (χ3v) is 4.47. The lowest BCUT2D eigenvalue weighted by atomic mass is 10.0. The van der Waals surface area contributed by atoms with Crippen molar-refractivity contribution < 1.29 is 19.1 Å². The van der Waals surface area contributed by atoms with E-state index in [1.807, 2.05) is 6.07 Å². The van der Waals surface area contributed by atoms with Crippen LogP contribution < -0.4 is 16.0 Å². The Hall–Kier alpha value is -3.61. The first kappa shape index (κ1) is 19.2. The van der Waals surface area contributed by atoms with Gasteiger partial charge < -0.3 is 15.8 Å². The highest BCUT2D eigenvalue weighted by atomic mass is 16.5. The van der Waals surface area contributed by atoms with E-state index in [0.29, 0.717) is 16.9 Å². The molecule has 0 bridgehead atoms. The number of para-hydroxylation sites is 1. The molecular weight excluding hydrogens is 358 g/mol. The van der Waals surface area contributed by atoms with Crippen molar-refractivity contribution in [2.45, 2.75) is 19.4 Å². The van der Waals surface area contributed by atoms with Gasteiger partial charge in [-0.05, 0) is 56.3 Å². The fourth-order valence-corrected chi connectivity index (χ4v) is 3.09. The zero-order valence-electron chi connectivity index (χ0n) is 15.6. The van der Waals surface area contributed by atoms with Gasteiger partial charge in [0.15, 0.2) is 5.54 Å². The molecule has 3 N–H and O–H groups in total. The summed E-state index contributed by atoms with van der Waals surface area (Å²) in [5.74, 6) is -1.42. The summed E-state index contributed by atoms with van der Waals surface area (Å²) in [7, 11) is 0. The minimum absolute atomic E-state index is 0.205. The maximum absolute atomic E-state index is 13.1. The van der Waals surface area contributed by atoms with Gasteiger partial charge in [-0.15, -0.1) is 0 Å². The number of carbonyl (C=O) groups is 3.